The molecular formula is C30H46O4. The predicted octanol–water partition coefficient (Wildman–Crippen LogP) is 6.41. The molecule has 190 valence electrons. The summed E-state index contributed by atoms with van der Waals surface area (Å²) >= 11 is 0. The Morgan fingerprint density at radius 1 is 0.912 bits per heavy atom. The maximum atomic E-state index is 12.9. The van der Waals surface area contributed by atoms with Crippen LogP contribution in [0.5, 0.6) is 0 Å². The van der Waals surface area contributed by atoms with E-state index in [1.54, 1.807) is 0 Å². The molecule has 0 heterocycles. The van der Waals surface area contributed by atoms with Crippen molar-refractivity contribution in [2.75, 3.05) is 0 Å². The average Bonchev–Trinajstić information content (AvgIpc) is 2.74. The molecule has 4 nitrogen and oxygen atoms in total. The predicted molar refractivity (Wildman–Crippen MR) is 133 cm³/mol. The third-order valence-electron chi connectivity index (χ3n) is 13.0. The molecule has 0 bridgehead atoms. The van der Waals surface area contributed by atoms with Crippen molar-refractivity contribution in [2.45, 2.75) is 112 Å². The molecule has 5 aliphatic carbocycles. The van der Waals surface area contributed by atoms with Gasteiger partial charge >= 0.3 is 5.97 Å². The normalized spacial score (nSPS) is 51.3. The molecule has 1 unspecified atom stereocenters. The molecule has 0 saturated heterocycles. The van der Waals surface area contributed by atoms with Crippen molar-refractivity contribution in [2.24, 2.45) is 50.2 Å². The van der Waals surface area contributed by atoms with Crippen LogP contribution in [0.1, 0.15) is 106 Å². The molecule has 0 aliphatic heterocycles. The Hall–Kier alpha value is -1.16. The van der Waals surface area contributed by atoms with Crippen LogP contribution in [-0.4, -0.2) is 28.1 Å². The first kappa shape index (κ1) is 24.5. The Kier molecular flexibility index (Phi) is 5.04. The largest absolute Gasteiger partial charge is 0.481 e. The van der Waals surface area contributed by atoms with Crippen LogP contribution in [0.15, 0.2) is 11.6 Å². The van der Waals surface area contributed by atoms with E-state index in [0.717, 1.165) is 38.5 Å². The van der Waals surface area contributed by atoms with Crippen molar-refractivity contribution in [3.8, 4) is 0 Å². The molecule has 0 amide bonds. The fourth-order valence-electron chi connectivity index (χ4n) is 10.4. The van der Waals surface area contributed by atoms with E-state index in [9.17, 15) is 19.8 Å². The average molecular weight is 471 g/mol. The molecule has 2 N–H and O–H groups in total. The maximum Gasteiger partial charge on any atom is 0.310 e. The Balaban J connectivity index is 1.63. The summed E-state index contributed by atoms with van der Waals surface area (Å²) in [6.45, 7) is 15.9. The smallest absolute Gasteiger partial charge is 0.310 e. The lowest BCUT2D eigenvalue weighted by Gasteiger charge is -2.70. The standard InChI is InChI=1S/C30H46O4/c1-25(2)14-16-30(24(33)34)17-15-28(6)18(22(30)23(25)32)8-9-20-27(5)12-11-21(31)26(3,4)19(27)10-13-29(20,28)7/h8,19-20,22-23,32H,9-17H2,1-7H3,(H,33,34)/t19?,20-,22+,23+,27+,28-,29-,30+/m1/s1. The zero-order valence-corrected chi connectivity index (χ0v) is 22.5. The Labute approximate surface area is 206 Å². The van der Waals surface area contributed by atoms with Crippen molar-refractivity contribution in [1.82, 2.24) is 0 Å². The molecule has 34 heavy (non-hydrogen) atoms. The second-order valence-corrected chi connectivity index (χ2v) is 14.8. The molecule has 4 heteroatoms. The number of rotatable bonds is 1. The van der Waals surface area contributed by atoms with Gasteiger partial charge in [0.25, 0.3) is 0 Å². The number of fused-ring (bicyclic) bond motifs is 7. The highest BCUT2D eigenvalue weighted by Crippen LogP contribution is 2.75. The molecule has 0 aromatic carbocycles. The van der Waals surface area contributed by atoms with Crippen LogP contribution in [-0.2, 0) is 9.59 Å². The number of hydrogen-bond donors (Lipinski definition) is 2. The summed E-state index contributed by atoms with van der Waals surface area (Å²) in [6.07, 6.45) is 9.42. The third-order valence-corrected chi connectivity index (χ3v) is 13.0. The highest BCUT2D eigenvalue weighted by Gasteiger charge is 2.70. The quantitative estimate of drug-likeness (QED) is 0.434. The number of carbonyl (C=O) groups is 2. The molecule has 5 aliphatic rings. The molecule has 0 radical (unpaired) electrons. The Bertz CT molecular complexity index is 961. The van der Waals surface area contributed by atoms with Gasteiger partial charge in [-0.25, -0.2) is 0 Å². The van der Waals surface area contributed by atoms with Gasteiger partial charge in [0.1, 0.15) is 5.78 Å². The zero-order chi connectivity index (χ0) is 25.1. The van der Waals surface area contributed by atoms with Crippen molar-refractivity contribution in [3.63, 3.8) is 0 Å². The SMILES string of the molecule is CC1(C)C(=O)CC[C@@]2(C)C1CC[C@]1(C)[C@@H]2CC=C2[C@H]3[C@H](O)C(C)(C)CC[C@]3(C(=O)O)CC[C@]21C. The summed E-state index contributed by atoms with van der Waals surface area (Å²) in [4.78, 5) is 25.7. The number of carboxylic acid groups (broad SMARTS) is 1. The van der Waals surface area contributed by atoms with E-state index >= 15 is 0 Å². The van der Waals surface area contributed by atoms with Crippen LogP contribution in [0.4, 0.5) is 0 Å². The first-order chi connectivity index (χ1) is 15.6. The summed E-state index contributed by atoms with van der Waals surface area (Å²) in [5, 5.41) is 22.2. The minimum Gasteiger partial charge on any atom is -0.481 e. The monoisotopic (exact) mass is 470 g/mol. The number of aliphatic hydroxyl groups excluding tert-OH is 1. The van der Waals surface area contributed by atoms with Crippen LogP contribution in [0, 0.1) is 50.2 Å². The second kappa shape index (κ2) is 6.99. The maximum absolute atomic E-state index is 12.9. The molecule has 4 fully saturated rings. The summed E-state index contributed by atoms with van der Waals surface area (Å²) in [5.74, 6) is 0.281. The number of aliphatic hydroxyl groups is 1. The summed E-state index contributed by atoms with van der Waals surface area (Å²) < 4.78 is 0. The summed E-state index contributed by atoms with van der Waals surface area (Å²) in [6, 6.07) is 0. The Morgan fingerprint density at radius 3 is 2.21 bits per heavy atom. The van der Waals surface area contributed by atoms with Crippen molar-refractivity contribution in [3.05, 3.63) is 11.6 Å². The zero-order valence-electron chi connectivity index (χ0n) is 22.5. The fraction of sp³-hybridized carbons (Fsp3) is 0.867. The molecule has 4 saturated carbocycles. The van der Waals surface area contributed by atoms with Gasteiger partial charge in [-0.2, -0.15) is 0 Å². The first-order valence-corrected chi connectivity index (χ1v) is 13.7. The number of Topliss-reactive ketones (excluding diaryl/α,β-unsaturated/α-hetero) is 1. The minimum absolute atomic E-state index is 0.0464. The highest BCUT2D eigenvalue weighted by atomic mass is 16.4. The van der Waals surface area contributed by atoms with Gasteiger partial charge in [0, 0.05) is 17.8 Å². The van der Waals surface area contributed by atoms with Gasteiger partial charge in [-0.05, 0) is 84.9 Å². The van der Waals surface area contributed by atoms with E-state index in [2.05, 4.69) is 54.5 Å². The van der Waals surface area contributed by atoms with Crippen molar-refractivity contribution >= 4 is 11.8 Å². The number of carbonyl (C=O) groups excluding carboxylic acids is 1. The van der Waals surface area contributed by atoms with Gasteiger partial charge < -0.3 is 10.2 Å². The molecule has 8 atom stereocenters. The van der Waals surface area contributed by atoms with Gasteiger partial charge in [0.05, 0.1) is 11.5 Å². The third kappa shape index (κ3) is 2.70. The molecule has 5 rings (SSSR count). The number of allylic oxidation sites excluding steroid dienone is 1. The molecule has 0 aromatic heterocycles. The lowest BCUT2D eigenvalue weighted by Crippen LogP contribution is -2.66. The number of aliphatic carboxylic acids is 1. The van der Waals surface area contributed by atoms with Crippen molar-refractivity contribution < 1.29 is 19.8 Å². The van der Waals surface area contributed by atoms with E-state index in [0.29, 0.717) is 36.9 Å². The Morgan fingerprint density at radius 2 is 1.56 bits per heavy atom. The second-order valence-electron chi connectivity index (χ2n) is 14.8. The van der Waals surface area contributed by atoms with E-state index in [-0.39, 0.29) is 33.0 Å². The van der Waals surface area contributed by atoms with E-state index in [1.807, 2.05) is 0 Å². The van der Waals surface area contributed by atoms with Crippen LogP contribution >= 0.6 is 0 Å². The lowest BCUT2D eigenvalue weighted by molar-refractivity contribution is -0.199. The first-order valence-electron chi connectivity index (χ1n) is 13.7. The summed E-state index contributed by atoms with van der Waals surface area (Å²) in [5.41, 5.74) is -0.108. The van der Waals surface area contributed by atoms with Gasteiger partial charge in [-0.15, -0.1) is 0 Å². The van der Waals surface area contributed by atoms with Gasteiger partial charge in [0.15, 0.2) is 0 Å². The van der Waals surface area contributed by atoms with Crippen molar-refractivity contribution in [1.29, 1.82) is 0 Å². The molecule has 0 spiro atoms. The topological polar surface area (TPSA) is 74.6 Å². The van der Waals surface area contributed by atoms with Crippen LogP contribution in [0.2, 0.25) is 0 Å². The molecule has 0 aromatic rings. The van der Waals surface area contributed by atoms with E-state index in [4.69, 9.17) is 0 Å². The minimum atomic E-state index is -0.843. The number of hydrogen-bond acceptors (Lipinski definition) is 3. The van der Waals surface area contributed by atoms with E-state index < -0.39 is 17.5 Å². The number of carboxylic acids is 1. The van der Waals surface area contributed by atoms with E-state index in [1.165, 1.54) is 5.57 Å². The van der Waals surface area contributed by atoms with Crippen LogP contribution in [0.25, 0.3) is 0 Å². The lowest BCUT2D eigenvalue weighted by atomic mass is 9.33. The van der Waals surface area contributed by atoms with Gasteiger partial charge in [0.2, 0.25) is 0 Å². The number of ketones is 1. The molecular weight excluding hydrogens is 424 g/mol. The summed E-state index contributed by atoms with van der Waals surface area (Å²) in [7, 11) is 0. The fourth-order valence-corrected chi connectivity index (χ4v) is 10.4. The van der Waals surface area contributed by atoms with Crippen LogP contribution in [0.3, 0.4) is 0 Å². The van der Waals surface area contributed by atoms with Gasteiger partial charge in [-0.3, -0.25) is 9.59 Å². The van der Waals surface area contributed by atoms with Gasteiger partial charge in [-0.1, -0.05) is 60.1 Å². The highest BCUT2D eigenvalue weighted by molar-refractivity contribution is 5.85. The van der Waals surface area contributed by atoms with Crippen LogP contribution < -0.4 is 0 Å².